The van der Waals surface area contributed by atoms with Crippen molar-refractivity contribution in [2.45, 2.75) is 39.3 Å². The van der Waals surface area contributed by atoms with Crippen molar-refractivity contribution in [2.24, 2.45) is 0 Å². The van der Waals surface area contributed by atoms with Crippen molar-refractivity contribution in [1.29, 1.82) is 0 Å². The SMILES string of the molecule is CCCCNC(=O)C(C)N(Cc1ccc(OC)cc1)C(=O)CN(c1ccccc1OC)S(C)(=O)=O. The van der Waals surface area contributed by atoms with Crippen LogP contribution in [0, 0.1) is 0 Å². The average Bonchev–Trinajstić information content (AvgIpc) is 2.85. The van der Waals surface area contributed by atoms with Crippen LogP contribution in [0.15, 0.2) is 48.5 Å². The Hall–Kier alpha value is -3.27. The standard InChI is InChI=1S/C25H35N3O6S/c1-6-7-16-26-25(30)19(2)27(17-20-12-14-21(33-3)15-13-20)24(29)18-28(35(5,31)32)22-10-8-9-11-23(22)34-4/h8-15,19H,6-7,16-18H2,1-5H3,(H,26,30). The number of nitrogens with zero attached hydrogens (tertiary/aromatic N) is 2. The van der Waals surface area contributed by atoms with E-state index < -0.39 is 28.5 Å². The summed E-state index contributed by atoms with van der Waals surface area (Å²) in [4.78, 5) is 27.8. The van der Waals surface area contributed by atoms with Crippen LogP contribution >= 0.6 is 0 Å². The first-order valence-electron chi connectivity index (χ1n) is 11.4. The van der Waals surface area contributed by atoms with Crippen LogP contribution in [-0.2, 0) is 26.2 Å². The number of ether oxygens (including phenoxy) is 2. The molecule has 1 N–H and O–H groups in total. The van der Waals surface area contributed by atoms with Gasteiger partial charge in [0.15, 0.2) is 0 Å². The molecule has 0 radical (unpaired) electrons. The highest BCUT2D eigenvalue weighted by Gasteiger charge is 2.31. The maximum atomic E-state index is 13.6. The molecule has 1 atom stereocenters. The Morgan fingerprint density at radius 3 is 2.26 bits per heavy atom. The molecule has 0 aromatic heterocycles. The molecule has 2 amide bonds. The van der Waals surface area contributed by atoms with E-state index in [-0.39, 0.29) is 18.1 Å². The second-order valence-corrected chi connectivity index (χ2v) is 10.0. The molecule has 2 aromatic rings. The third-order valence-electron chi connectivity index (χ3n) is 5.54. The number of nitrogens with one attached hydrogen (secondary N) is 1. The number of hydrogen-bond acceptors (Lipinski definition) is 6. The summed E-state index contributed by atoms with van der Waals surface area (Å²) in [6.07, 6.45) is 2.77. The van der Waals surface area contributed by atoms with Gasteiger partial charge in [-0.15, -0.1) is 0 Å². The Morgan fingerprint density at radius 2 is 1.69 bits per heavy atom. The number of unbranched alkanes of at least 4 members (excludes halogenated alkanes) is 1. The normalized spacial score (nSPS) is 11.9. The predicted molar refractivity (Wildman–Crippen MR) is 136 cm³/mol. The van der Waals surface area contributed by atoms with Crippen LogP contribution < -0.4 is 19.1 Å². The Bertz CT molecular complexity index is 1090. The summed E-state index contributed by atoms with van der Waals surface area (Å²) in [7, 11) is -0.845. The minimum absolute atomic E-state index is 0.120. The zero-order valence-corrected chi connectivity index (χ0v) is 21.8. The molecule has 0 saturated heterocycles. The minimum atomic E-state index is -3.84. The summed E-state index contributed by atoms with van der Waals surface area (Å²) in [6.45, 7) is 3.79. The number of rotatable bonds is 13. The lowest BCUT2D eigenvalue weighted by Gasteiger charge is -2.31. The van der Waals surface area contributed by atoms with E-state index in [1.165, 1.54) is 12.0 Å². The first-order chi connectivity index (χ1) is 16.6. The smallest absolute Gasteiger partial charge is 0.244 e. The van der Waals surface area contributed by atoms with E-state index in [1.807, 2.05) is 6.92 Å². The summed E-state index contributed by atoms with van der Waals surface area (Å²) in [5.41, 5.74) is 1.02. The quantitative estimate of drug-likeness (QED) is 0.420. The Kier molecular flexibility index (Phi) is 10.4. The number of carbonyl (C=O) groups is 2. The molecule has 2 aromatic carbocycles. The number of hydrogen-bond donors (Lipinski definition) is 1. The summed E-state index contributed by atoms with van der Waals surface area (Å²) in [5.74, 6) is 0.160. The molecule has 9 nitrogen and oxygen atoms in total. The van der Waals surface area contributed by atoms with E-state index in [1.54, 1.807) is 62.6 Å². The second kappa shape index (κ2) is 13.0. The number of benzene rings is 2. The van der Waals surface area contributed by atoms with Crippen molar-refractivity contribution in [1.82, 2.24) is 10.2 Å². The highest BCUT2D eigenvalue weighted by Crippen LogP contribution is 2.29. The zero-order chi connectivity index (χ0) is 26.0. The van der Waals surface area contributed by atoms with Gasteiger partial charge < -0.3 is 19.7 Å². The third-order valence-corrected chi connectivity index (χ3v) is 6.67. The fraction of sp³-hybridized carbons (Fsp3) is 0.440. The molecule has 2 rings (SSSR count). The topological polar surface area (TPSA) is 105 Å². The van der Waals surface area contributed by atoms with Crippen molar-refractivity contribution in [2.75, 3.05) is 37.9 Å². The number of carbonyl (C=O) groups excluding carboxylic acids is 2. The van der Waals surface area contributed by atoms with Crippen LogP contribution in [-0.4, -0.2) is 64.7 Å². The Morgan fingerprint density at radius 1 is 1.03 bits per heavy atom. The van der Waals surface area contributed by atoms with Gasteiger partial charge in [0.1, 0.15) is 24.1 Å². The first kappa shape index (κ1) is 28.0. The minimum Gasteiger partial charge on any atom is -0.497 e. The molecule has 0 aliphatic carbocycles. The predicted octanol–water partition coefficient (Wildman–Crippen LogP) is 2.80. The maximum absolute atomic E-state index is 13.6. The fourth-order valence-corrected chi connectivity index (χ4v) is 4.33. The summed E-state index contributed by atoms with van der Waals surface area (Å²) >= 11 is 0. The van der Waals surface area contributed by atoms with Crippen molar-refractivity contribution in [3.8, 4) is 11.5 Å². The van der Waals surface area contributed by atoms with E-state index in [2.05, 4.69) is 5.32 Å². The summed E-state index contributed by atoms with van der Waals surface area (Å²) in [6, 6.07) is 12.9. The van der Waals surface area contributed by atoms with Crippen LogP contribution in [0.2, 0.25) is 0 Å². The monoisotopic (exact) mass is 505 g/mol. The van der Waals surface area contributed by atoms with Gasteiger partial charge in [0.25, 0.3) is 0 Å². The summed E-state index contributed by atoms with van der Waals surface area (Å²) in [5, 5.41) is 2.85. The average molecular weight is 506 g/mol. The van der Waals surface area contributed by atoms with Gasteiger partial charge in [-0.25, -0.2) is 8.42 Å². The fourth-order valence-electron chi connectivity index (χ4n) is 3.48. The van der Waals surface area contributed by atoms with Gasteiger partial charge in [-0.1, -0.05) is 37.6 Å². The van der Waals surface area contributed by atoms with Crippen LogP contribution in [0.3, 0.4) is 0 Å². The number of sulfonamides is 1. The van der Waals surface area contributed by atoms with Crippen molar-refractivity contribution >= 4 is 27.5 Å². The molecule has 192 valence electrons. The molecule has 0 aliphatic heterocycles. The molecule has 0 spiro atoms. The molecule has 0 fully saturated rings. The van der Waals surface area contributed by atoms with Gasteiger partial charge in [-0.3, -0.25) is 13.9 Å². The number of para-hydroxylation sites is 2. The number of anilines is 1. The molecular formula is C25H35N3O6S. The van der Waals surface area contributed by atoms with Crippen molar-refractivity contribution in [3.05, 3.63) is 54.1 Å². The van der Waals surface area contributed by atoms with Crippen LogP contribution in [0.5, 0.6) is 11.5 Å². The zero-order valence-electron chi connectivity index (χ0n) is 21.0. The van der Waals surface area contributed by atoms with Gasteiger partial charge in [0.2, 0.25) is 21.8 Å². The van der Waals surface area contributed by atoms with Crippen LogP contribution in [0.25, 0.3) is 0 Å². The Labute approximate surface area is 208 Å². The number of amides is 2. The van der Waals surface area contributed by atoms with Gasteiger partial charge in [-0.05, 0) is 43.2 Å². The van der Waals surface area contributed by atoms with E-state index >= 15 is 0 Å². The number of methoxy groups -OCH3 is 2. The van der Waals surface area contributed by atoms with Crippen molar-refractivity contribution in [3.63, 3.8) is 0 Å². The maximum Gasteiger partial charge on any atom is 0.244 e. The summed E-state index contributed by atoms with van der Waals surface area (Å²) < 4.78 is 36.8. The van der Waals surface area contributed by atoms with Crippen LogP contribution in [0.4, 0.5) is 5.69 Å². The van der Waals surface area contributed by atoms with E-state index in [0.29, 0.717) is 18.0 Å². The van der Waals surface area contributed by atoms with Crippen molar-refractivity contribution < 1.29 is 27.5 Å². The van der Waals surface area contributed by atoms with Crippen LogP contribution in [0.1, 0.15) is 32.3 Å². The van der Waals surface area contributed by atoms with Gasteiger partial charge in [0.05, 0.1) is 26.2 Å². The van der Waals surface area contributed by atoms with Gasteiger partial charge >= 0.3 is 0 Å². The highest BCUT2D eigenvalue weighted by atomic mass is 32.2. The molecule has 10 heteroatoms. The molecule has 0 aliphatic rings. The molecular weight excluding hydrogens is 470 g/mol. The molecule has 35 heavy (non-hydrogen) atoms. The third kappa shape index (κ3) is 7.88. The molecule has 1 unspecified atom stereocenters. The Balaban J connectivity index is 2.38. The van der Waals surface area contributed by atoms with E-state index in [4.69, 9.17) is 9.47 Å². The van der Waals surface area contributed by atoms with E-state index in [0.717, 1.165) is 29.0 Å². The largest absolute Gasteiger partial charge is 0.497 e. The lowest BCUT2D eigenvalue weighted by atomic mass is 10.1. The second-order valence-electron chi connectivity index (χ2n) is 8.13. The molecule has 0 saturated carbocycles. The van der Waals surface area contributed by atoms with E-state index in [9.17, 15) is 18.0 Å². The lowest BCUT2D eigenvalue weighted by Crippen LogP contribution is -2.51. The highest BCUT2D eigenvalue weighted by molar-refractivity contribution is 7.92. The van der Waals surface area contributed by atoms with Gasteiger partial charge in [-0.2, -0.15) is 0 Å². The van der Waals surface area contributed by atoms with Gasteiger partial charge in [0, 0.05) is 13.1 Å². The first-order valence-corrected chi connectivity index (χ1v) is 13.3. The molecule has 0 bridgehead atoms. The lowest BCUT2D eigenvalue weighted by molar-refractivity contribution is -0.139. The molecule has 0 heterocycles.